The Morgan fingerprint density at radius 1 is 0.933 bits per heavy atom. The zero-order chi connectivity index (χ0) is 21.1. The van der Waals surface area contributed by atoms with E-state index in [2.05, 4.69) is 5.32 Å². The van der Waals surface area contributed by atoms with Crippen LogP contribution < -0.4 is 15.6 Å². The van der Waals surface area contributed by atoms with Gasteiger partial charge in [-0.2, -0.15) is 0 Å². The predicted molar refractivity (Wildman–Crippen MR) is 120 cm³/mol. The quantitative estimate of drug-likeness (QED) is 0.528. The standard InChI is InChI=1S/C25H22N2O3/c1-17(18-8-9-20-15-23(30-2)12-10-19(20)14-18)25(29)26-21-11-13-24(28)27(16-21)22-6-4-3-5-7-22/h3-17H,1-2H3,(H,26,29)/t17-/m0/s1. The summed E-state index contributed by atoms with van der Waals surface area (Å²) in [6.07, 6.45) is 1.65. The zero-order valence-electron chi connectivity index (χ0n) is 16.8. The lowest BCUT2D eigenvalue weighted by Gasteiger charge is -2.15. The van der Waals surface area contributed by atoms with Crippen LogP contribution in [0.15, 0.2) is 89.9 Å². The number of aromatic nitrogens is 1. The molecule has 0 aliphatic rings. The second-order valence-corrected chi connectivity index (χ2v) is 7.15. The van der Waals surface area contributed by atoms with Crippen molar-refractivity contribution in [3.8, 4) is 11.4 Å². The first kappa shape index (κ1) is 19.5. The summed E-state index contributed by atoms with van der Waals surface area (Å²) in [6.45, 7) is 1.87. The van der Waals surface area contributed by atoms with Gasteiger partial charge in [0.25, 0.3) is 5.56 Å². The maximum absolute atomic E-state index is 12.9. The number of ether oxygens (including phenoxy) is 1. The molecule has 0 unspecified atom stereocenters. The molecule has 0 aliphatic heterocycles. The minimum atomic E-state index is -0.353. The van der Waals surface area contributed by atoms with Crippen LogP contribution in [-0.2, 0) is 4.79 Å². The molecule has 0 spiro atoms. The first-order chi connectivity index (χ1) is 14.5. The monoisotopic (exact) mass is 398 g/mol. The van der Waals surface area contributed by atoms with E-state index in [1.165, 1.54) is 10.6 Å². The van der Waals surface area contributed by atoms with E-state index in [1.807, 2.05) is 73.7 Å². The Hall–Kier alpha value is -3.86. The van der Waals surface area contributed by atoms with Gasteiger partial charge in [-0.3, -0.25) is 14.2 Å². The highest BCUT2D eigenvalue weighted by molar-refractivity contribution is 5.96. The molecule has 1 N–H and O–H groups in total. The van der Waals surface area contributed by atoms with Crippen LogP contribution in [-0.4, -0.2) is 17.6 Å². The van der Waals surface area contributed by atoms with Crippen LogP contribution in [0.4, 0.5) is 5.69 Å². The number of methoxy groups -OCH3 is 1. The number of pyridine rings is 1. The normalized spacial score (nSPS) is 11.8. The van der Waals surface area contributed by atoms with Gasteiger partial charge in [0.1, 0.15) is 5.75 Å². The van der Waals surface area contributed by atoms with E-state index in [-0.39, 0.29) is 17.4 Å². The van der Waals surface area contributed by atoms with Gasteiger partial charge in [0.2, 0.25) is 5.91 Å². The van der Waals surface area contributed by atoms with Gasteiger partial charge < -0.3 is 10.1 Å². The van der Waals surface area contributed by atoms with E-state index < -0.39 is 0 Å². The van der Waals surface area contributed by atoms with Crippen LogP contribution in [0.2, 0.25) is 0 Å². The third-order valence-electron chi connectivity index (χ3n) is 5.18. The lowest BCUT2D eigenvalue weighted by atomic mass is 9.97. The number of carbonyl (C=O) groups is 1. The number of amides is 1. The number of benzene rings is 3. The number of anilines is 1. The molecule has 1 aromatic heterocycles. The summed E-state index contributed by atoms with van der Waals surface area (Å²) in [7, 11) is 1.64. The molecule has 150 valence electrons. The maximum Gasteiger partial charge on any atom is 0.255 e. The molecule has 1 amide bonds. The Bertz CT molecular complexity index is 1260. The number of fused-ring (bicyclic) bond motifs is 1. The van der Waals surface area contributed by atoms with Crippen molar-refractivity contribution in [1.82, 2.24) is 4.57 Å². The summed E-state index contributed by atoms with van der Waals surface area (Å²) in [4.78, 5) is 25.1. The highest BCUT2D eigenvalue weighted by Crippen LogP contribution is 2.26. The van der Waals surface area contributed by atoms with Crippen LogP contribution in [0.25, 0.3) is 16.5 Å². The summed E-state index contributed by atoms with van der Waals surface area (Å²) in [6, 6.07) is 24.2. The fourth-order valence-electron chi connectivity index (χ4n) is 3.39. The lowest BCUT2D eigenvalue weighted by molar-refractivity contribution is -0.117. The molecule has 4 rings (SSSR count). The van der Waals surface area contributed by atoms with Gasteiger partial charge in [-0.25, -0.2) is 0 Å². The van der Waals surface area contributed by atoms with E-state index in [4.69, 9.17) is 4.74 Å². The summed E-state index contributed by atoms with van der Waals surface area (Å²) >= 11 is 0. The number of carbonyl (C=O) groups excluding carboxylic acids is 1. The third-order valence-corrected chi connectivity index (χ3v) is 5.18. The van der Waals surface area contributed by atoms with Gasteiger partial charge >= 0.3 is 0 Å². The molecule has 0 fully saturated rings. The number of para-hydroxylation sites is 1. The van der Waals surface area contributed by atoms with Gasteiger partial charge in [0.05, 0.1) is 18.7 Å². The van der Waals surface area contributed by atoms with Gasteiger partial charge in [0, 0.05) is 18.0 Å². The largest absolute Gasteiger partial charge is 0.497 e. The lowest BCUT2D eigenvalue weighted by Crippen LogP contribution is -2.22. The first-order valence-corrected chi connectivity index (χ1v) is 9.72. The molecule has 1 heterocycles. The van der Waals surface area contributed by atoms with Crippen LogP contribution in [0.1, 0.15) is 18.4 Å². The Kier molecular flexibility index (Phi) is 5.35. The summed E-state index contributed by atoms with van der Waals surface area (Å²) in [5.41, 5.74) is 2.08. The minimum Gasteiger partial charge on any atom is -0.497 e. The summed E-state index contributed by atoms with van der Waals surface area (Å²) < 4.78 is 6.78. The average molecular weight is 398 g/mol. The van der Waals surface area contributed by atoms with Crippen molar-refractivity contribution in [2.24, 2.45) is 0 Å². The Morgan fingerprint density at radius 3 is 2.43 bits per heavy atom. The van der Waals surface area contributed by atoms with Crippen molar-refractivity contribution in [2.75, 3.05) is 12.4 Å². The Morgan fingerprint density at radius 2 is 1.67 bits per heavy atom. The van der Waals surface area contributed by atoms with Crippen molar-refractivity contribution in [3.05, 3.63) is 101 Å². The van der Waals surface area contributed by atoms with Crippen molar-refractivity contribution in [3.63, 3.8) is 0 Å². The number of hydrogen-bond donors (Lipinski definition) is 1. The third kappa shape index (κ3) is 3.96. The van der Waals surface area contributed by atoms with E-state index in [9.17, 15) is 9.59 Å². The molecule has 0 bridgehead atoms. The SMILES string of the molecule is COc1ccc2cc([C@H](C)C(=O)Nc3ccc(=O)n(-c4ccccc4)c3)ccc2c1. The Balaban J connectivity index is 1.56. The summed E-state index contributed by atoms with van der Waals surface area (Å²) in [5.74, 6) is 0.310. The second kappa shape index (κ2) is 8.25. The highest BCUT2D eigenvalue weighted by atomic mass is 16.5. The predicted octanol–water partition coefficient (Wildman–Crippen LogP) is 4.74. The smallest absolute Gasteiger partial charge is 0.255 e. The molecule has 4 aromatic rings. The van der Waals surface area contributed by atoms with Gasteiger partial charge in [-0.1, -0.05) is 42.5 Å². The molecular formula is C25H22N2O3. The fourth-order valence-corrected chi connectivity index (χ4v) is 3.39. The second-order valence-electron chi connectivity index (χ2n) is 7.15. The van der Waals surface area contributed by atoms with E-state index in [0.717, 1.165) is 27.8 Å². The van der Waals surface area contributed by atoms with E-state index in [0.29, 0.717) is 5.69 Å². The van der Waals surface area contributed by atoms with Gasteiger partial charge in [-0.15, -0.1) is 0 Å². The van der Waals surface area contributed by atoms with Crippen LogP contribution in [0, 0.1) is 0 Å². The molecule has 0 radical (unpaired) electrons. The van der Waals surface area contributed by atoms with Crippen LogP contribution in [0.3, 0.4) is 0 Å². The molecule has 0 saturated carbocycles. The summed E-state index contributed by atoms with van der Waals surface area (Å²) in [5, 5.41) is 5.03. The molecule has 0 aliphatic carbocycles. The number of nitrogens with zero attached hydrogens (tertiary/aromatic N) is 1. The number of nitrogens with one attached hydrogen (secondary N) is 1. The topological polar surface area (TPSA) is 60.3 Å². The molecule has 5 heteroatoms. The van der Waals surface area contributed by atoms with Gasteiger partial charge in [0.15, 0.2) is 0 Å². The van der Waals surface area contributed by atoms with Crippen LogP contribution in [0.5, 0.6) is 5.75 Å². The van der Waals surface area contributed by atoms with Crippen molar-refractivity contribution in [1.29, 1.82) is 0 Å². The van der Waals surface area contributed by atoms with Crippen molar-refractivity contribution < 1.29 is 9.53 Å². The first-order valence-electron chi connectivity index (χ1n) is 9.72. The van der Waals surface area contributed by atoms with Crippen LogP contribution >= 0.6 is 0 Å². The molecule has 1 atom stereocenters. The van der Waals surface area contributed by atoms with Crippen molar-refractivity contribution >= 4 is 22.4 Å². The molecular weight excluding hydrogens is 376 g/mol. The molecule has 0 saturated heterocycles. The zero-order valence-corrected chi connectivity index (χ0v) is 16.8. The van der Waals surface area contributed by atoms with E-state index in [1.54, 1.807) is 19.4 Å². The fraction of sp³-hybridized carbons (Fsp3) is 0.120. The molecule has 30 heavy (non-hydrogen) atoms. The van der Waals surface area contributed by atoms with Gasteiger partial charge in [-0.05, 0) is 53.6 Å². The highest BCUT2D eigenvalue weighted by Gasteiger charge is 2.16. The maximum atomic E-state index is 12.9. The number of rotatable bonds is 5. The average Bonchev–Trinajstić information content (AvgIpc) is 2.79. The minimum absolute atomic E-state index is 0.138. The van der Waals surface area contributed by atoms with Crippen molar-refractivity contribution in [2.45, 2.75) is 12.8 Å². The Labute approximate surface area is 174 Å². The number of hydrogen-bond acceptors (Lipinski definition) is 3. The molecule has 3 aromatic carbocycles. The molecule has 5 nitrogen and oxygen atoms in total. The van der Waals surface area contributed by atoms with E-state index >= 15 is 0 Å².